The van der Waals surface area contributed by atoms with E-state index in [1.165, 1.54) is 6.07 Å². The number of hydroxylamine groups is 2. The summed E-state index contributed by atoms with van der Waals surface area (Å²) >= 11 is 0. The number of methoxy groups -OCH3 is 4. The number of hydrogen-bond acceptors (Lipinski definition) is 10. The van der Waals surface area contributed by atoms with Gasteiger partial charge >= 0.3 is 0 Å². The lowest BCUT2D eigenvalue weighted by Crippen LogP contribution is -2.22. The third-order valence-corrected chi connectivity index (χ3v) is 8.07. The molecule has 4 aromatic carbocycles. The Morgan fingerprint density at radius 2 is 1.48 bits per heavy atom. The molecule has 11 nitrogen and oxygen atoms in total. The summed E-state index contributed by atoms with van der Waals surface area (Å²) in [6.45, 7) is 2.97. The van der Waals surface area contributed by atoms with Crippen LogP contribution in [-0.2, 0) is 11.2 Å². The van der Waals surface area contributed by atoms with Gasteiger partial charge in [-0.05, 0) is 72.5 Å². The maximum atomic E-state index is 13.0. The molecule has 1 saturated heterocycles. The van der Waals surface area contributed by atoms with Crippen LogP contribution in [0.5, 0.6) is 40.2 Å². The van der Waals surface area contributed by atoms with Crippen LogP contribution in [0.2, 0.25) is 0 Å². The average molecular weight is 684 g/mol. The molecular weight excluding hydrogens is 642 g/mol. The first-order valence-corrected chi connectivity index (χ1v) is 16.2. The van der Waals surface area contributed by atoms with Crippen LogP contribution in [0.25, 0.3) is 0 Å². The first-order valence-electron chi connectivity index (χ1n) is 16.2. The zero-order valence-corrected chi connectivity index (χ0v) is 28.8. The van der Waals surface area contributed by atoms with Crippen molar-refractivity contribution in [1.29, 1.82) is 0 Å². The van der Waals surface area contributed by atoms with Crippen LogP contribution in [0, 0.1) is 12.0 Å². The fourth-order valence-electron chi connectivity index (χ4n) is 5.58. The van der Waals surface area contributed by atoms with Crippen LogP contribution in [-0.4, -0.2) is 57.8 Å². The Morgan fingerprint density at radius 1 is 0.820 bits per heavy atom. The molecule has 1 aliphatic rings. The van der Waals surface area contributed by atoms with Crippen molar-refractivity contribution in [2.24, 2.45) is 0 Å². The molecule has 1 aliphatic heterocycles. The topological polar surface area (TPSA) is 114 Å². The van der Waals surface area contributed by atoms with E-state index in [0.29, 0.717) is 59.2 Å². The molecule has 1 heterocycles. The number of hydrogen-bond donors (Lipinski definition) is 1. The fourth-order valence-corrected chi connectivity index (χ4v) is 5.58. The fraction of sp³-hybridized carbons (Fsp3) is 0.308. The van der Waals surface area contributed by atoms with Gasteiger partial charge in [0.1, 0.15) is 0 Å². The molecule has 262 valence electrons. The SMILES string of the molecule is CCCOc1c(CC#CN(O)C(=O)c2cccc(OOc3ccccc3)c2)cc(C2COC(c3cc(OC)c(OC)c(OC)c3)C2)cc1OC. The number of carbonyl (C=O) groups is 1. The lowest BCUT2D eigenvalue weighted by molar-refractivity contribution is -0.1000. The lowest BCUT2D eigenvalue weighted by atomic mass is 9.91. The Balaban J connectivity index is 1.32. The summed E-state index contributed by atoms with van der Waals surface area (Å²) in [5.41, 5.74) is 2.82. The number of amides is 1. The van der Waals surface area contributed by atoms with Gasteiger partial charge in [0, 0.05) is 29.5 Å². The van der Waals surface area contributed by atoms with Crippen LogP contribution >= 0.6 is 0 Å². The van der Waals surface area contributed by atoms with Crippen LogP contribution in [0.1, 0.15) is 58.8 Å². The Hall–Kier alpha value is -5.57. The standard InChI is InChI=1S/C39H41NO10/c1-6-18-47-37-26(13-11-17-40(42)39(41)27-12-10-16-32(20-27)50-49-31-14-8-7-9-15-31)19-28(21-34(37)43-2)30-24-33(48-25-30)29-22-35(44-3)38(46-5)36(23-29)45-4/h7-10,12,14-16,19-23,30,33,42H,6,13,18,24-25H2,1-5H3. The molecule has 2 atom stereocenters. The number of nitrogens with zero attached hydrogens (tertiary/aromatic N) is 1. The summed E-state index contributed by atoms with van der Waals surface area (Å²) in [6.07, 6.45) is 1.45. The zero-order valence-electron chi connectivity index (χ0n) is 28.8. The van der Waals surface area contributed by atoms with Gasteiger partial charge in [0.25, 0.3) is 5.91 Å². The molecule has 0 spiro atoms. The van der Waals surface area contributed by atoms with Gasteiger partial charge in [0.05, 0.1) is 47.8 Å². The van der Waals surface area contributed by atoms with Gasteiger partial charge in [-0.1, -0.05) is 43.2 Å². The van der Waals surface area contributed by atoms with Crippen molar-refractivity contribution in [3.63, 3.8) is 0 Å². The second kappa shape index (κ2) is 17.2. The maximum Gasteiger partial charge on any atom is 0.289 e. The average Bonchev–Trinajstić information content (AvgIpc) is 3.66. The molecule has 4 aromatic rings. The molecule has 1 fully saturated rings. The number of benzene rings is 4. The highest BCUT2D eigenvalue weighted by atomic mass is 17.2. The highest BCUT2D eigenvalue weighted by Gasteiger charge is 2.31. The van der Waals surface area contributed by atoms with E-state index in [0.717, 1.165) is 23.1 Å². The second-order valence-electron chi connectivity index (χ2n) is 11.4. The van der Waals surface area contributed by atoms with E-state index in [1.807, 2.05) is 49.4 Å². The van der Waals surface area contributed by atoms with Gasteiger partial charge in [0.2, 0.25) is 5.75 Å². The Kier molecular flexibility index (Phi) is 12.3. The van der Waals surface area contributed by atoms with E-state index in [-0.39, 0.29) is 29.8 Å². The van der Waals surface area contributed by atoms with Crippen LogP contribution in [0.4, 0.5) is 0 Å². The van der Waals surface area contributed by atoms with Gasteiger partial charge in [0.15, 0.2) is 34.5 Å². The highest BCUT2D eigenvalue weighted by molar-refractivity contribution is 5.94. The number of ether oxygens (including phenoxy) is 6. The maximum absolute atomic E-state index is 13.0. The van der Waals surface area contributed by atoms with Gasteiger partial charge in [-0.2, -0.15) is 0 Å². The third kappa shape index (κ3) is 8.52. The van der Waals surface area contributed by atoms with Crippen molar-refractivity contribution in [3.8, 4) is 52.2 Å². The largest absolute Gasteiger partial charge is 0.493 e. The van der Waals surface area contributed by atoms with Gasteiger partial charge in [-0.3, -0.25) is 19.8 Å². The Labute approximate surface area is 292 Å². The van der Waals surface area contributed by atoms with Crippen molar-refractivity contribution in [3.05, 3.63) is 101 Å². The summed E-state index contributed by atoms with van der Waals surface area (Å²) in [7, 11) is 6.33. The molecule has 1 N–H and O–H groups in total. The second-order valence-corrected chi connectivity index (χ2v) is 11.4. The monoisotopic (exact) mass is 683 g/mol. The van der Waals surface area contributed by atoms with Gasteiger partial charge < -0.3 is 28.4 Å². The van der Waals surface area contributed by atoms with E-state index in [4.69, 9.17) is 38.2 Å². The van der Waals surface area contributed by atoms with Crippen molar-refractivity contribution in [2.75, 3.05) is 41.7 Å². The highest BCUT2D eigenvalue weighted by Crippen LogP contribution is 2.46. The molecule has 2 unspecified atom stereocenters. The molecule has 0 bridgehead atoms. The molecule has 1 amide bonds. The summed E-state index contributed by atoms with van der Waals surface area (Å²) in [5, 5.41) is 10.9. The Morgan fingerprint density at radius 3 is 2.16 bits per heavy atom. The summed E-state index contributed by atoms with van der Waals surface area (Å²) in [4.78, 5) is 23.7. The predicted octanol–water partition coefficient (Wildman–Crippen LogP) is 7.16. The van der Waals surface area contributed by atoms with Crippen LogP contribution < -0.4 is 33.5 Å². The summed E-state index contributed by atoms with van der Waals surface area (Å²) < 4.78 is 34.7. The third-order valence-electron chi connectivity index (χ3n) is 8.07. The van der Waals surface area contributed by atoms with Crippen LogP contribution in [0.3, 0.4) is 0 Å². The molecule has 11 heteroatoms. The molecule has 0 aromatic heterocycles. The van der Waals surface area contributed by atoms with E-state index in [9.17, 15) is 10.0 Å². The van der Waals surface area contributed by atoms with Crippen molar-refractivity contribution >= 4 is 5.91 Å². The predicted molar refractivity (Wildman–Crippen MR) is 185 cm³/mol. The van der Waals surface area contributed by atoms with Crippen molar-refractivity contribution in [2.45, 2.75) is 38.2 Å². The smallest absolute Gasteiger partial charge is 0.289 e. The minimum absolute atomic E-state index is 0.0382. The van der Waals surface area contributed by atoms with E-state index < -0.39 is 5.91 Å². The minimum Gasteiger partial charge on any atom is -0.493 e. The summed E-state index contributed by atoms with van der Waals surface area (Å²) in [6, 6.07) is 25.5. The molecule has 0 radical (unpaired) electrons. The van der Waals surface area contributed by atoms with Crippen LogP contribution in [0.15, 0.2) is 78.9 Å². The zero-order chi connectivity index (χ0) is 35.5. The lowest BCUT2D eigenvalue weighted by Gasteiger charge is -2.18. The molecule has 50 heavy (non-hydrogen) atoms. The Bertz CT molecular complexity index is 1790. The van der Waals surface area contributed by atoms with Crippen molar-refractivity contribution < 1.29 is 48.2 Å². The molecule has 5 rings (SSSR count). The summed E-state index contributed by atoms with van der Waals surface area (Å²) in [5.74, 6) is 5.77. The quantitative estimate of drug-likeness (QED) is 0.0483. The van der Waals surface area contributed by atoms with Gasteiger partial charge in [-0.15, -0.1) is 5.06 Å². The van der Waals surface area contributed by atoms with Gasteiger partial charge in [-0.25, -0.2) is 0 Å². The number of rotatable bonds is 14. The van der Waals surface area contributed by atoms with E-state index >= 15 is 0 Å². The molecule has 0 aliphatic carbocycles. The van der Waals surface area contributed by atoms with E-state index in [1.54, 1.807) is 58.8 Å². The first-order chi connectivity index (χ1) is 24.4. The van der Waals surface area contributed by atoms with Crippen molar-refractivity contribution in [1.82, 2.24) is 5.06 Å². The molecular formula is C39H41NO10. The van der Waals surface area contributed by atoms with E-state index in [2.05, 4.69) is 12.0 Å². The minimum atomic E-state index is -0.725. The number of para-hydroxylation sites is 1. The molecule has 0 saturated carbocycles. The number of carbonyl (C=O) groups excluding carboxylic acids is 1. The first kappa shape index (κ1) is 35.7. The normalized spacial score (nSPS) is 14.9.